The lowest BCUT2D eigenvalue weighted by Gasteiger charge is -2.33. The van der Waals surface area contributed by atoms with Crippen LogP contribution in [-0.2, 0) is 10.0 Å². The number of piperidine rings is 1. The largest absolute Gasteiger partial charge is 0.299 e. The number of nitrogens with zero attached hydrogens (tertiary/aromatic N) is 2. The molecule has 1 unspecified atom stereocenters. The van der Waals surface area contributed by atoms with Crippen LogP contribution in [0.25, 0.3) is 10.9 Å². The van der Waals surface area contributed by atoms with Crippen molar-refractivity contribution in [3.8, 4) is 0 Å². The van der Waals surface area contributed by atoms with Crippen molar-refractivity contribution in [2.75, 3.05) is 19.6 Å². The van der Waals surface area contributed by atoms with Gasteiger partial charge >= 0.3 is 0 Å². The summed E-state index contributed by atoms with van der Waals surface area (Å²) in [5.74, 6) is 0. The van der Waals surface area contributed by atoms with Crippen LogP contribution >= 0.6 is 0 Å². The molecular formula is C17H23N3O2S. The lowest BCUT2D eigenvalue weighted by Crippen LogP contribution is -2.42. The van der Waals surface area contributed by atoms with E-state index in [1.54, 1.807) is 18.3 Å². The second-order valence-electron chi connectivity index (χ2n) is 6.11. The maximum Gasteiger partial charge on any atom is 0.242 e. The summed E-state index contributed by atoms with van der Waals surface area (Å²) < 4.78 is 27.9. The zero-order chi connectivity index (χ0) is 16.3. The van der Waals surface area contributed by atoms with Crippen LogP contribution < -0.4 is 4.72 Å². The number of aromatic nitrogens is 1. The van der Waals surface area contributed by atoms with E-state index in [-0.39, 0.29) is 4.90 Å². The van der Waals surface area contributed by atoms with Gasteiger partial charge in [0.05, 0.1) is 5.52 Å². The van der Waals surface area contributed by atoms with Gasteiger partial charge in [-0.2, -0.15) is 0 Å². The smallest absolute Gasteiger partial charge is 0.242 e. The molecule has 0 amide bonds. The van der Waals surface area contributed by atoms with Crippen molar-refractivity contribution in [2.24, 2.45) is 0 Å². The number of para-hydroxylation sites is 1. The van der Waals surface area contributed by atoms with Crippen LogP contribution in [0.5, 0.6) is 0 Å². The molecule has 124 valence electrons. The Kier molecular flexibility index (Phi) is 4.94. The first-order valence-electron chi connectivity index (χ1n) is 8.15. The first kappa shape index (κ1) is 16.4. The Bertz CT molecular complexity index is 771. The first-order valence-corrected chi connectivity index (χ1v) is 9.64. The van der Waals surface area contributed by atoms with Gasteiger partial charge in [-0.15, -0.1) is 0 Å². The van der Waals surface area contributed by atoms with Crippen molar-refractivity contribution in [1.82, 2.24) is 14.6 Å². The van der Waals surface area contributed by atoms with E-state index in [0.29, 0.717) is 18.1 Å². The summed E-state index contributed by atoms with van der Waals surface area (Å²) in [6, 6.07) is 9.46. The highest BCUT2D eigenvalue weighted by atomic mass is 32.2. The van der Waals surface area contributed by atoms with E-state index < -0.39 is 10.0 Å². The fraction of sp³-hybridized carbons (Fsp3) is 0.471. The van der Waals surface area contributed by atoms with E-state index in [0.717, 1.165) is 18.5 Å². The average Bonchev–Trinajstić information content (AvgIpc) is 2.56. The Hall–Kier alpha value is -1.50. The van der Waals surface area contributed by atoms with Gasteiger partial charge in [0.25, 0.3) is 0 Å². The number of likely N-dealkylation sites (tertiary alicyclic amines) is 1. The van der Waals surface area contributed by atoms with Crippen molar-refractivity contribution in [3.63, 3.8) is 0 Å². The summed E-state index contributed by atoms with van der Waals surface area (Å²) in [7, 11) is -3.54. The highest BCUT2D eigenvalue weighted by molar-refractivity contribution is 7.89. The van der Waals surface area contributed by atoms with Gasteiger partial charge in [0.2, 0.25) is 10.0 Å². The maximum atomic E-state index is 12.6. The lowest BCUT2D eigenvalue weighted by atomic mass is 10.0. The molecule has 23 heavy (non-hydrogen) atoms. The van der Waals surface area contributed by atoms with Crippen LogP contribution in [0.15, 0.2) is 41.4 Å². The first-order chi connectivity index (χ1) is 11.1. The number of nitrogens with one attached hydrogen (secondary N) is 1. The normalized spacial score (nSPS) is 20.0. The average molecular weight is 333 g/mol. The third kappa shape index (κ3) is 3.71. The molecule has 2 heterocycles. The third-order valence-corrected chi connectivity index (χ3v) is 6.01. The van der Waals surface area contributed by atoms with Crippen molar-refractivity contribution in [2.45, 2.75) is 37.1 Å². The van der Waals surface area contributed by atoms with Crippen LogP contribution in [0.2, 0.25) is 0 Å². The quantitative estimate of drug-likeness (QED) is 0.912. The summed E-state index contributed by atoms with van der Waals surface area (Å²) in [5.41, 5.74) is 0.522. The molecule has 1 N–H and O–H groups in total. The number of fused-ring (bicyclic) bond motifs is 1. The van der Waals surface area contributed by atoms with E-state index >= 15 is 0 Å². The Morgan fingerprint density at radius 3 is 2.91 bits per heavy atom. The number of rotatable bonds is 5. The van der Waals surface area contributed by atoms with Gasteiger partial charge < -0.3 is 0 Å². The fourth-order valence-corrected chi connectivity index (χ4v) is 4.38. The van der Waals surface area contributed by atoms with Crippen LogP contribution in [0.4, 0.5) is 0 Å². The van der Waals surface area contributed by atoms with Gasteiger partial charge in [-0.3, -0.25) is 9.88 Å². The van der Waals surface area contributed by atoms with Crippen molar-refractivity contribution < 1.29 is 8.42 Å². The summed E-state index contributed by atoms with van der Waals surface area (Å²) >= 11 is 0. The van der Waals surface area contributed by atoms with Gasteiger partial charge in [0, 0.05) is 30.7 Å². The number of hydrogen-bond acceptors (Lipinski definition) is 4. The Morgan fingerprint density at radius 1 is 1.26 bits per heavy atom. The van der Waals surface area contributed by atoms with Crippen molar-refractivity contribution in [3.05, 3.63) is 36.5 Å². The molecule has 0 radical (unpaired) electrons. The van der Waals surface area contributed by atoms with Gasteiger partial charge in [0.15, 0.2) is 0 Å². The molecule has 1 aliphatic heterocycles. The molecule has 0 aliphatic carbocycles. The zero-order valence-corrected chi connectivity index (χ0v) is 14.2. The van der Waals surface area contributed by atoms with Crippen LogP contribution in [-0.4, -0.2) is 44.0 Å². The molecule has 5 nitrogen and oxygen atoms in total. The number of benzene rings is 1. The van der Waals surface area contributed by atoms with E-state index in [4.69, 9.17) is 0 Å². The topological polar surface area (TPSA) is 62.3 Å². The minimum Gasteiger partial charge on any atom is -0.299 e. The van der Waals surface area contributed by atoms with E-state index in [9.17, 15) is 8.42 Å². The summed E-state index contributed by atoms with van der Waals surface area (Å²) in [4.78, 5) is 6.83. The molecule has 6 heteroatoms. The molecule has 0 saturated carbocycles. The van der Waals surface area contributed by atoms with Gasteiger partial charge in [-0.1, -0.05) is 24.6 Å². The summed E-state index contributed by atoms with van der Waals surface area (Å²) in [6.45, 7) is 4.44. The molecule has 1 saturated heterocycles. The van der Waals surface area contributed by atoms with E-state index in [2.05, 4.69) is 21.5 Å². The molecule has 0 bridgehead atoms. The second kappa shape index (κ2) is 6.95. The lowest BCUT2D eigenvalue weighted by molar-refractivity contribution is 0.164. The number of pyridine rings is 1. The predicted octanol–water partition coefficient (Wildman–Crippen LogP) is 2.39. The molecular weight excluding hydrogens is 310 g/mol. The SMILES string of the molecule is CC1CCCCN1CCNS(=O)(=O)c1cccc2cccnc12. The monoisotopic (exact) mass is 333 g/mol. The minimum atomic E-state index is -3.54. The molecule has 1 aliphatic rings. The highest BCUT2D eigenvalue weighted by Crippen LogP contribution is 2.20. The molecule has 0 spiro atoms. The molecule has 2 aromatic rings. The molecule has 1 aromatic heterocycles. The van der Waals surface area contributed by atoms with E-state index in [1.165, 1.54) is 19.3 Å². The fourth-order valence-electron chi connectivity index (χ4n) is 3.18. The Morgan fingerprint density at radius 2 is 2.09 bits per heavy atom. The van der Waals surface area contributed by atoms with E-state index in [1.807, 2.05) is 18.2 Å². The van der Waals surface area contributed by atoms with Crippen LogP contribution in [0.1, 0.15) is 26.2 Å². The van der Waals surface area contributed by atoms with Crippen LogP contribution in [0.3, 0.4) is 0 Å². The molecule has 3 rings (SSSR count). The predicted molar refractivity (Wildman–Crippen MR) is 91.8 cm³/mol. The number of sulfonamides is 1. The standard InChI is InChI=1S/C17H23N3O2S/c1-14-6-2-3-12-20(14)13-11-19-23(21,22)16-9-4-7-15-8-5-10-18-17(15)16/h4-5,7-10,14,19H,2-3,6,11-13H2,1H3. The van der Waals surface area contributed by atoms with Crippen molar-refractivity contribution in [1.29, 1.82) is 0 Å². The molecule has 1 aromatic carbocycles. The van der Waals surface area contributed by atoms with Gasteiger partial charge in [0.1, 0.15) is 4.90 Å². The molecule has 1 atom stereocenters. The maximum absolute atomic E-state index is 12.6. The third-order valence-electron chi connectivity index (χ3n) is 4.52. The van der Waals surface area contributed by atoms with Crippen LogP contribution in [0, 0.1) is 0 Å². The Labute approximate surface area is 137 Å². The second-order valence-corrected chi connectivity index (χ2v) is 7.85. The number of hydrogen-bond donors (Lipinski definition) is 1. The summed E-state index contributed by atoms with van der Waals surface area (Å²) in [5, 5.41) is 0.833. The van der Waals surface area contributed by atoms with Gasteiger partial charge in [-0.05, 0) is 38.4 Å². The summed E-state index contributed by atoms with van der Waals surface area (Å²) in [6.07, 6.45) is 5.28. The molecule has 1 fully saturated rings. The zero-order valence-electron chi connectivity index (χ0n) is 13.4. The van der Waals surface area contributed by atoms with Gasteiger partial charge in [-0.25, -0.2) is 13.1 Å². The Balaban J connectivity index is 1.71. The van der Waals surface area contributed by atoms with Crippen molar-refractivity contribution >= 4 is 20.9 Å². The highest BCUT2D eigenvalue weighted by Gasteiger charge is 2.20. The minimum absolute atomic E-state index is 0.252.